The molecule has 0 radical (unpaired) electrons. The molecule has 2 aromatic rings. The van der Waals surface area contributed by atoms with Gasteiger partial charge in [0.2, 0.25) is 6.79 Å². The van der Waals surface area contributed by atoms with Crippen molar-refractivity contribution >= 4 is 5.96 Å². The van der Waals surface area contributed by atoms with Crippen LogP contribution in [0.25, 0.3) is 0 Å². The minimum atomic E-state index is -4.50. The van der Waals surface area contributed by atoms with E-state index in [1.165, 1.54) is 13.2 Å². The van der Waals surface area contributed by atoms with Crippen molar-refractivity contribution in [3.05, 3.63) is 41.2 Å². The van der Waals surface area contributed by atoms with Gasteiger partial charge in [-0.05, 0) is 17.7 Å². The summed E-state index contributed by atoms with van der Waals surface area (Å²) in [6.07, 6.45) is -3.15. The van der Waals surface area contributed by atoms with Crippen LogP contribution in [-0.2, 0) is 26.3 Å². The number of aromatic nitrogens is 2. The normalized spacial score (nSPS) is 13.8. The Hall–Kier alpha value is -2.91. The van der Waals surface area contributed by atoms with Gasteiger partial charge in [-0.3, -0.25) is 9.67 Å². The molecule has 7 nitrogen and oxygen atoms in total. The third kappa shape index (κ3) is 4.26. The van der Waals surface area contributed by atoms with Gasteiger partial charge in [-0.1, -0.05) is 6.07 Å². The summed E-state index contributed by atoms with van der Waals surface area (Å²) in [5.74, 6) is 1.83. The van der Waals surface area contributed by atoms with Gasteiger partial charge in [0, 0.05) is 46.0 Å². The van der Waals surface area contributed by atoms with Crippen LogP contribution in [0.15, 0.2) is 29.4 Å². The van der Waals surface area contributed by atoms with E-state index in [1.807, 2.05) is 18.2 Å². The molecular formula is C17H20F3N5O2. The Morgan fingerprint density at radius 2 is 2.07 bits per heavy atom. The van der Waals surface area contributed by atoms with Crippen molar-refractivity contribution in [3.63, 3.8) is 0 Å². The van der Waals surface area contributed by atoms with E-state index < -0.39 is 11.9 Å². The van der Waals surface area contributed by atoms with Gasteiger partial charge < -0.3 is 19.7 Å². The molecule has 0 aliphatic carbocycles. The van der Waals surface area contributed by atoms with Crippen molar-refractivity contribution < 1.29 is 22.6 Å². The van der Waals surface area contributed by atoms with Crippen LogP contribution in [0.5, 0.6) is 11.5 Å². The smallest absolute Gasteiger partial charge is 0.435 e. The Labute approximate surface area is 154 Å². The van der Waals surface area contributed by atoms with E-state index in [2.05, 4.69) is 15.4 Å². The van der Waals surface area contributed by atoms with Gasteiger partial charge in [0.05, 0.1) is 0 Å². The summed E-state index contributed by atoms with van der Waals surface area (Å²) in [4.78, 5) is 5.94. The van der Waals surface area contributed by atoms with Crippen molar-refractivity contribution in [2.75, 3.05) is 20.9 Å². The highest BCUT2D eigenvalue weighted by Crippen LogP contribution is 2.33. The zero-order chi connectivity index (χ0) is 19.6. The summed E-state index contributed by atoms with van der Waals surface area (Å²) >= 11 is 0. The van der Waals surface area contributed by atoms with Crippen molar-refractivity contribution in [2.45, 2.75) is 19.3 Å². The lowest BCUT2D eigenvalue weighted by Gasteiger charge is -2.22. The lowest BCUT2D eigenvalue weighted by molar-refractivity contribution is -0.142. The van der Waals surface area contributed by atoms with Gasteiger partial charge in [-0.25, -0.2) is 0 Å². The van der Waals surface area contributed by atoms with Gasteiger partial charge >= 0.3 is 6.18 Å². The largest absolute Gasteiger partial charge is 0.454 e. The minimum Gasteiger partial charge on any atom is -0.454 e. The molecule has 2 heterocycles. The molecule has 0 saturated heterocycles. The molecule has 0 spiro atoms. The van der Waals surface area contributed by atoms with Gasteiger partial charge in [0.25, 0.3) is 0 Å². The molecule has 0 bridgehead atoms. The van der Waals surface area contributed by atoms with Crippen molar-refractivity contribution in [1.29, 1.82) is 0 Å². The molecule has 1 aromatic carbocycles. The molecule has 0 fully saturated rings. The monoisotopic (exact) mass is 383 g/mol. The molecular weight excluding hydrogens is 363 g/mol. The number of nitrogens with one attached hydrogen (secondary N) is 1. The lowest BCUT2D eigenvalue weighted by atomic mass is 10.2. The van der Waals surface area contributed by atoms with Gasteiger partial charge in [-0.15, -0.1) is 0 Å². The van der Waals surface area contributed by atoms with Crippen LogP contribution < -0.4 is 14.8 Å². The maximum atomic E-state index is 13.1. The first kappa shape index (κ1) is 18.9. The molecule has 0 atom stereocenters. The lowest BCUT2D eigenvalue weighted by Crippen LogP contribution is -2.38. The summed E-state index contributed by atoms with van der Waals surface area (Å²) in [7, 11) is 4.83. The maximum absolute atomic E-state index is 13.1. The van der Waals surface area contributed by atoms with Crippen molar-refractivity contribution in [3.8, 4) is 11.5 Å². The first-order valence-corrected chi connectivity index (χ1v) is 8.18. The Kier molecular flexibility index (Phi) is 5.15. The fourth-order valence-corrected chi connectivity index (χ4v) is 2.85. The van der Waals surface area contributed by atoms with Crippen molar-refractivity contribution in [1.82, 2.24) is 20.0 Å². The minimum absolute atomic E-state index is 0.0408. The van der Waals surface area contributed by atoms with Gasteiger partial charge in [-0.2, -0.15) is 18.3 Å². The van der Waals surface area contributed by atoms with E-state index in [0.29, 0.717) is 24.0 Å². The molecule has 0 saturated carbocycles. The number of fused-ring (bicyclic) bond motifs is 1. The number of benzene rings is 1. The molecule has 0 amide bonds. The first-order valence-electron chi connectivity index (χ1n) is 8.18. The van der Waals surface area contributed by atoms with Crippen LogP contribution in [0.4, 0.5) is 13.2 Å². The van der Waals surface area contributed by atoms with Crippen LogP contribution in [-0.4, -0.2) is 41.5 Å². The van der Waals surface area contributed by atoms with Crippen LogP contribution in [0.1, 0.15) is 16.8 Å². The molecule has 1 aliphatic rings. The standard InChI is InChI=1S/C17H20F3N5O2/c1-21-16(22-7-12-9-25(3)23-15(12)17(18,19)20)24(2)8-11-4-5-13-14(6-11)27-10-26-13/h4-6,9H,7-8,10H2,1-3H3,(H,21,22). The van der Waals surface area contributed by atoms with Gasteiger partial charge in [0.15, 0.2) is 23.2 Å². The second-order valence-corrected chi connectivity index (χ2v) is 6.12. The Morgan fingerprint density at radius 3 is 2.78 bits per heavy atom. The van der Waals surface area contributed by atoms with Crippen LogP contribution in [0, 0.1) is 0 Å². The molecule has 10 heteroatoms. The number of alkyl halides is 3. The van der Waals surface area contributed by atoms with Crippen molar-refractivity contribution in [2.24, 2.45) is 12.0 Å². The number of guanidine groups is 1. The van der Waals surface area contributed by atoms with E-state index in [4.69, 9.17) is 9.47 Å². The third-order valence-electron chi connectivity index (χ3n) is 4.04. The zero-order valence-electron chi connectivity index (χ0n) is 15.2. The number of rotatable bonds is 4. The Bertz CT molecular complexity index is 848. The molecule has 3 rings (SSSR count). The van der Waals surface area contributed by atoms with E-state index in [-0.39, 0.29) is 18.9 Å². The SMILES string of the molecule is CN=C(NCc1cn(C)nc1C(F)(F)F)N(C)Cc1ccc2c(c1)OCO2. The molecule has 146 valence electrons. The number of halogens is 3. The highest BCUT2D eigenvalue weighted by atomic mass is 19.4. The summed E-state index contributed by atoms with van der Waals surface area (Å²) in [6, 6.07) is 5.60. The van der Waals surface area contributed by atoms with Gasteiger partial charge in [0.1, 0.15) is 0 Å². The van der Waals surface area contributed by atoms with E-state index in [0.717, 1.165) is 10.2 Å². The summed E-state index contributed by atoms with van der Waals surface area (Å²) in [5.41, 5.74) is 0.121. The number of hydrogen-bond acceptors (Lipinski definition) is 4. The second kappa shape index (κ2) is 7.37. The summed E-state index contributed by atoms with van der Waals surface area (Å²) in [6.45, 7) is 0.654. The van der Waals surface area contributed by atoms with E-state index in [1.54, 1.807) is 19.0 Å². The average molecular weight is 383 g/mol. The van der Waals surface area contributed by atoms with E-state index in [9.17, 15) is 13.2 Å². The molecule has 0 unspecified atom stereocenters. The quantitative estimate of drug-likeness (QED) is 0.649. The summed E-state index contributed by atoms with van der Waals surface area (Å²) < 4.78 is 51.0. The topological polar surface area (TPSA) is 63.9 Å². The number of ether oxygens (including phenoxy) is 2. The molecule has 1 aliphatic heterocycles. The number of aliphatic imine (C=N–C) groups is 1. The highest BCUT2D eigenvalue weighted by Gasteiger charge is 2.36. The number of nitrogens with zero attached hydrogens (tertiary/aromatic N) is 4. The Morgan fingerprint density at radius 1 is 1.33 bits per heavy atom. The number of aryl methyl sites for hydroxylation is 1. The third-order valence-corrected chi connectivity index (χ3v) is 4.04. The molecule has 27 heavy (non-hydrogen) atoms. The average Bonchev–Trinajstić information content (AvgIpc) is 3.20. The zero-order valence-corrected chi connectivity index (χ0v) is 15.2. The first-order chi connectivity index (χ1) is 12.8. The fraction of sp³-hybridized carbons (Fsp3) is 0.412. The van der Waals surface area contributed by atoms with Crippen LogP contribution >= 0.6 is 0 Å². The highest BCUT2D eigenvalue weighted by molar-refractivity contribution is 5.79. The predicted octanol–water partition coefficient (Wildman–Crippen LogP) is 2.38. The second-order valence-electron chi connectivity index (χ2n) is 6.12. The Balaban J connectivity index is 1.66. The van der Waals surface area contributed by atoms with Crippen LogP contribution in [0.2, 0.25) is 0 Å². The summed E-state index contributed by atoms with van der Waals surface area (Å²) in [5, 5.41) is 6.45. The maximum Gasteiger partial charge on any atom is 0.435 e. The van der Waals surface area contributed by atoms with Crippen LogP contribution in [0.3, 0.4) is 0 Å². The number of hydrogen-bond donors (Lipinski definition) is 1. The fourth-order valence-electron chi connectivity index (χ4n) is 2.85. The van der Waals surface area contributed by atoms with E-state index >= 15 is 0 Å². The molecule has 1 aromatic heterocycles. The predicted molar refractivity (Wildman–Crippen MR) is 92.4 cm³/mol. The molecule has 1 N–H and O–H groups in total.